The molecule has 0 unspecified atom stereocenters. The van der Waals surface area contributed by atoms with E-state index in [-0.39, 0.29) is 0 Å². The monoisotopic (exact) mass is 271 g/mol. The van der Waals surface area contributed by atoms with Crippen LogP contribution in [0.2, 0.25) is 5.02 Å². The maximum Gasteiger partial charge on any atom is 0.161 e. The smallest absolute Gasteiger partial charge is 0.161 e. The molecule has 0 aliphatic carbocycles. The molecular weight excluding hydrogens is 262 g/mol. The number of hydrogen-bond acceptors (Lipinski definition) is 3. The Hall–Kier alpha value is -2.20. The predicted molar refractivity (Wildman–Crippen MR) is 72.6 cm³/mol. The fourth-order valence-corrected chi connectivity index (χ4v) is 2.19. The summed E-state index contributed by atoms with van der Waals surface area (Å²) < 4.78 is 1.87. The van der Waals surface area contributed by atoms with Crippen molar-refractivity contribution in [2.24, 2.45) is 0 Å². The van der Waals surface area contributed by atoms with Gasteiger partial charge in [0.25, 0.3) is 0 Å². The minimum absolute atomic E-state index is 0.592. The number of pyridine rings is 1. The molecule has 4 nitrogen and oxygen atoms in total. The molecule has 1 aromatic carbocycles. The number of carbonyl (C=O) groups excluding carboxylic acids is 1. The summed E-state index contributed by atoms with van der Waals surface area (Å²) in [7, 11) is 0. The zero-order chi connectivity index (χ0) is 13.2. The summed E-state index contributed by atoms with van der Waals surface area (Å²) in [5.41, 5.74) is 2.33. The summed E-state index contributed by atoms with van der Waals surface area (Å²) in [6.45, 7) is 0. The van der Waals surface area contributed by atoms with Crippen molar-refractivity contribution in [1.82, 2.24) is 14.6 Å². The molecule has 5 heteroatoms. The van der Waals surface area contributed by atoms with E-state index in [1.807, 2.05) is 28.7 Å². The summed E-state index contributed by atoms with van der Waals surface area (Å²) in [4.78, 5) is 10.7. The van der Waals surface area contributed by atoms with Gasteiger partial charge in [0.1, 0.15) is 12.1 Å². The number of hydrogen-bond donors (Lipinski definition) is 0. The van der Waals surface area contributed by atoms with Crippen LogP contribution in [-0.2, 0) is 6.42 Å². The number of halogens is 1. The van der Waals surface area contributed by atoms with E-state index in [0.29, 0.717) is 22.7 Å². The summed E-state index contributed by atoms with van der Waals surface area (Å²) in [6, 6.07) is 11.1. The molecule has 3 aromatic rings. The van der Waals surface area contributed by atoms with Gasteiger partial charge in [0.2, 0.25) is 0 Å². The number of aromatic nitrogens is 3. The van der Waals surface area contributed by atoms with Gasteiger partial charge in [0, 0.05) is 23.2 Å². The molecule has 3 rings (SSSR count). The molecule has 0 aliphatic rings. The molecule has 0 spiro atoms. The Morgan fingerprint density at radius 1 is 1.21 bits per heavy atom. The first-order chi connectivity index (χ1) is 9.26. The second kappa shape index (κ2) is 4.82. The molecule has 0 bridgehead atoms. The molecule has 0 amide bonds. The number of rotatable bonds is 3. The van der Waals surface area contributed by atoms with E-state index >= 15 is 0 Å². The molecule has 0 saturated carbocycles. The van der Waals surface area contributed by atoms with E-state index in [0.717, 1.165) is 17.7 Å². The highest BCUT2D eigenvalue weighted by Crippen LogP contribution is 2.15. The van der Waals surface area contributed by atoms with E-state index in [1.54, 1.807) is 18.3 Å². The standard InChI is InChI=1S/C14H10ClN3O/c15-12-3-1-2-10(6-12)7-13-16-17-14-8-11(9-19)4-5-18(13)14/h1-6,8-9H,7H2. The van der Waals surface area contributed by atoms with Crippen LogP contribution >= 0.6 is 11.6 Å². The minimum Gasteiger partial charge on any atom is -0.298 e. The molecule has 0 radical (unpaired) electrons. The molecule has 0 saturated heterocycles. The Balaban J connectivity index is 1.99. The van der Waals surface area contributed by atoms with Crippen LogP contribution in [0.4, 0.5) is 0 Å². The van der Waals surface area contributed by atoms with Crippen LogP contribution in [0.3, 0.4) is 0 Å². The van der Waals surface area contributed by atoms with Crippen LogP contribution in [0, 0.1) is 0 Å². The van der Waals surface area contributed by atoms with Crippen LogP contribution in [0.1, 0.15) is 21.7 Å². The Labute approximate surface area is 114 Å². The first-order valence-corrected chi connectivity index (χ1v) is 6.17. The van der Waals surface area contributed by atoms with Crippen molar-refractivity contribution >= 4 is 23.5 Å². The van der Waals surface area contributed by atoms with E-state index in [9.17, 15) is 4.79 Å². The van der Waals surface area contributed by atoms with Gasteiger partial charge >= 0.3 is 0 Å². The highest BCUT2D eigenvalue weighted by molar-refractivity contribution is 6.30. The van der Waals surface area contributed by atoms with E-state index in [2.05, 4.69) is 10.2 Å². The van der Waals surface area contributed by atoms with Crippen molar-refractivity contribution in [3.05, 3.63) is 64.6 Å². The SMILES string of the molecule is O=Cc1ccn2c(Cc3cccc(Cl)c3)nnc2c1. The highest BCUT2D eigenvalue weighted by atomic mass is 35.5. The minimum atomic E-state index is 0.592. The lowest BCUT2D eigenvalue weighted by Crippen LogP contribution is -1.96. The highest BCUT2D eigenvalue weighted by Gasteiger charge is 2.07. The van der Waals surface area contributed by atoms with Crippen molar-refractivity contribution in [1.29, 1.82) is 0 Å². The summed E-state index contributed by atoms with van der Waals surface area (Å²) in [6.07, 6.45) is 3.24. The zero-order valence-electron chi connectivity index (χ0n) is 9.95. The molecular formula is C14H10ClN3O. The molecule has 19 heavy (non-hydrogen) atoms. The van der Waals surface area contributed by atoms with Crippen LogP contribution < -0.4 is 0 Å². The molecule has 0 atom stereocenters. The van der Waals surface area contributed by atoms with E-state index in [4.69, 9.17) is 11.6 Å². The number of nitrogens with zero attached hydrogens (tertiary/aromatic N) is 3. The number of aldehydes is 1. The normalized spacial score (nSPS) is 10.8. The quantitative estimate of drug-likeness (QED) is 0.688. The van der Waals surface area contributed by atoms with Crippen molar-refractivity contribution in [2.45, 2.75) is 6.42 Å². The number of carbonyl (C=O) groups is 1. The van der Waals surface area contributed by atoms with E-state index in [1.165, 1.54) is 0 Å². The van der Waals surface area contributed by atoms with Gasteiger partial charge in [0.15, 0.2) is 5.65 Å². The second-order valence-electron chi connectivity index (χ2n) is 4.23. The lowest BCUT2D eigenvalue weighted by Gasteiger charge is -2.01. The van der Waals surface area contributed by atoms with Gasteiger partial charge in [-0.3, -0.25) is 9.20 Å². The largest absolute Gasteiger partial charge is 0.298 e. The number of fused-ring (bicyclic) bond motifs is 1. The Kier molecular flexibility index (Phi) is 3.01. The predicted octanol–water partition coefficient (Wildman–Crippen LogP) is 2.79. The molecule has 0 aliphatic heterocycles. The summed E-state index contributed by atoms with van der Waals surface area (Å²) >= 11 is 5.96. The average molecular weight is 272 g/mol. The second-order valence-corrected chi connectivity index (χ2v) is 4.67. The topological polar surface area (TPSA) is 47.3 Å². The third kappa shape index (κ3) is 2.35. The molecule has 2 aromatic heterocycles. The van der Waals surface area contributed by atoms with Crippen LogP contribution in [0.15, 0.2) is 42.6 Å². The van der Waals surface area contributed by atoms with Gasteiger partial charge in [-0.05, 0) is 29.8 Å². The average Bonchev–Trinajstić information content (AvgIpc) is 2.81. The maximum absolute atomic E-state index is 10.7. The van der Waals surface area contributed by atoms with Gasteiger partial charge in [-0.25, -0.2) is 0 Å². The number of benzene rings is 1. The Morgan fingerprint density at radius 2 is 2.11 bits per heavy atom. The molecule has 0 fully saturated rings. The fourth-order valence-electron chi connectivity index (χ4n) is 1.98. The van der Waals surface area contributed by atoms with Crippen molar-refractivity contribution in [2.75, 3.05) is 0 Å². The van der Waals surface area contributed by atoms with Crippen molar-refractivity contribution in [3.8, 4) is 0 Å². The lowest BCUT2D eigenvalue weighted by atomic mass is 10.1. The van der Waals surface area contributed by atoms with Crippen molar-refractivity contribution in [3.63, 3.8) is 0 Å². The first kappa shape index (κ1) is 11.9. The summed E-state index contributed by atoms with van der Waals surface area (Å²) in [5.74, 6) is 0.815. The molecule has 0 N–H and O–H groups in total. The van der Waals surface area contributed by atoms with Crippen LogP contribution in [0.5, 0.6) is 0 Å². The Bertz CT molecular complexity index is 751. The third-order valence-electron chi connectivity index (χ3n) is 2.89. The van der Waals surface area contributed by atoms with Crippen molar-refractivity contribution < 1.29 is 4.79 Å². The third-order valence-corrected chi connectivity index (χ3v) is 3.13. The van der Waals surface area contributed by atoms with E-state index < -0.39 is 0 Å². The fraction of sp³-hybridized carbons (Fsp3) is 0.0714. The molecule has 2 heterocycles. The van der Waals surface area contributed by atoms with Crippen LogP contribution in [0.25, 0.3) is 5.65 Å². The zero-order valence-corrected chi connectivity index (χ0v) is 10.7. The maximum atomic E-state index is 10.7. The van der Waals surface area contributed by atoms with Gasteiger partial charge < -0.3 is 0 Å². The van der Waals surface area contributed by atoms with Crippen LogP contribution in [-0.4, -0.2) is 20.9 Å². The van der Waals surface area contributed by atoms with Gasteiger partial charge in [0.05, 0.1) is 0 Å². The Morgan fingerprint density at radius 3 is 2.89 bits per heavy atom. The van der Waals surface area contributed by atoms with Gasteiger partial charge in [-0.15, -0.1) is 10.2 Å². The molecule has 94 valence electrons. The van der Waals surface area contributed by atoms with Gasteiger partial charge in [-0.2, -0.15) is 0 Å². The lowest BCUT2D eigenvalue weighted by molar-refractivity contribution is 0.112. The van der Waals surface area contributed by atoms with Gasteiger partial charge in [-0.1, -0.05) is 23.7 Å². The first-order valence-electron chi connectivity index (χ1n) is 5.79. The summed E-state index contributed by atoms with van der Waals surface area (Å²) in [5, 5.41) is 8.92.